The molecule has 0 aliphatic carbocycles. The van der Waals surface area contributed by atoms with Gasteiger partial charge >= 0.3 is 0 Å². The van der Waals surface area contributed by atoms with Crippen molar-refractivity contribution in [3.63, 3.8) is 0 Å². The zero-order valence-electron chi connectivity index (χ0n) is 6.24. The summed E-state index contributed by atoms with van der Waals surface area (Å²) in [4.78, 5) is 0. The van der Waals surface area contributed by atoms with Crippen LogP contribution < -0.4 is 0 Å². The Labute approximate surface area is 75.1 Å². The molecule has 13 heavy (non-hydrogen) atoms. The SMILES string of the molecule is O=[SH](=O)O[CH]c1cc(F)cc(F)c1. The highest BCUT2D eigenvalue weighted by Crippen LogP contribution is 2.10. The van der Waals surface area contributed by atoms with Crippen LogP contribution in [0.15, 0.2) is 18.2 Å². The minimum Gasteiger partial charge on any atom is -0.261 e. The normalized spacial score (nSPS) is 10.7. The first-order valence-electron chi connectivity index (χ1n) is 3.18. The highest BCUT2D eigenvalue weighted by atomic mass is 32.2. The van der Waals surface area contributed by atoms with Crippen LogP contribution in [0.25, 0.3) is 0 Å². The maximum atomic E-state index is 12.5. The van der Waals surface area contributed by atoms with E-state index in [1.54, 1.807) is 0 Å². The van der Waals surface area contributed by atoms with Crippen molar-refractivity contribution < 1.29 is 21.4 Å². The minimum atomic E-state index is -3.04. The predicted molar refractivity (Wildman–Crippen MR) is 41.2 cm³/mol. The van der Waals surface area contributed by atoms with E-state index in [-0.39, 0.29) is 5.56 Å². The van der Waals surface area contributed by atoms with Crippen LogP contribution in [0.5, 0.6) is 0 Å². The predicted octanol–water partition coefficient (Wildman–Crippen LogP) is 1.02. The average Bonchev–Trinajstić information content (AvgIpc) is 1.99. The van der Waals surface area contributed by atoms with Gasteiger partial charge in [-0.1, -0.05) is 0 Å². The fraction of sp³-hybridized carbons (Fsp3) is 0. The van der Waals surface area contributed by atoms with Gasteiger partial charge in [0.15, 0.2) is 0 Å². The van der Waals surface area contributed by atoms with E-state index in [2.05, 4.69) is 4.18 Å². The summed E-state index contributed by atoms with van der Waals surface area (Å²) in [6, 6.07) is 2.57. The molecule has 0 saturated heterocycles. The van der Waals surface area contributed by atoms with Crippen molar-refractivity contribution in [2.45, 2.75) is 0 Å². The zero-order valence-corrected chi connectivity index (χ0v) is 7.13. The molecule has 0 N–H and O–H groups in total. The number of hydrogen-bond acceptors (Lipinski definition) is 3. The summed E-state index contributed by atoms with van der Waals surface area (Å²) in [5, 5.41) is 0. The molecule has 1 radical (unpaired) electrons. The Kier molecular flexibility index (Phi) is 3.32. The van der Waals surface area contributed by atoms with Crippen LogP contribution in [0, 0.1) is 18.2 Å². The van der Waals surface area contributed by atoms with Crippen LogP contribution in [0.3, 0.4) is 0 Å². The zero-order chi connectivity index (χ0) is 9.84. The molecular weight excluding hydrogens is 202 g/mol. The molecule has 1 aromatic carbocycles. The summed E-state index contributed by atoms with van der Waals surface area (Å²) in [6.45, 7) is 0.748. The Hall–Kier alpha value is -1.01. The lowest BCUT2D eigenvalue weighted by Crippen LogP contribution is -1.90. The molecule has 1 aromatic rings. The van der Waals surface area contributed by atoms with Gasteiger partial charge in [0.1, 0.15) is 18.2 Å². The van der Waals surface area contributed by atoms with Crippen LogP contribution >= 0.6 is 0 Å². The van der Waals surface area contributed by atoms with E-state index >= 15 is 0 Å². The van der Waals surface area contributed by atoms with Gasteiger partial charge in [-0.05, 0) is 17.7 Å². The van der Waals surface area contributed by atoms with Gasteiger partial charge in [-0.3, -0.25) is 4.18 Å². The van der Waals surface area contributed by atoms with Gasteiger partial charge in [-0.2, -0.15) is 0 Å². The molecule has 6 heteroatoms. The molecule has 0 unspecified atom stereocenters. The summed E-state index contributed by atoms with van der Waals surface area (Å²) >= 11 is 0. The van der Waals surface area contributed by atoms with Crippen LogP contribution in [0.1, 0.15) is 5.56 Å². The van der Waals surface area contributed by atoms with Crippen molar-refractivity contribution in [2.75, 3.05) is 0 Å². The average molecular weight is 207 g/mol. The van der Waals surface area contributed by atoms with Gasteiger partial charge in [-0.25, -0.2) is 17.2 Å². The summed E-state index contributed by atoms with van der Waals surface area (Å²) in [5.74, 6) is -1.59. The van der Waals surface area contributed by atoms with Crippen LogP contribution in [0.4, 0.5) is 8.78 Å². The fourth-order valence-corrected chi connectivity index (χ4v) is 0.955. The molecule has 1 rings (SSSR count). The lowest BCUT2D eigenvalue weighted by atomic mass is 10.2. The van der Waals surface area contributed by atoms with Gasteiger partial charge in [0, 0.05) is 6.07 Å². The number of rotatable bonds is 3. The first kappa shape index (κ1) is 10.1. The van der Waals surface area contributed by atoms with Gasteiger partial charge in [0.2, 0.25) is 0 Å². The highest BCUT2D eigenvalue weighted by Gasteiger charge is 2.01. The van der Waals surface area contributed by atoms with E-state index in [1.165, 1.54) is 0 Å². The second kappa shape index (κ2) is 4.29. The topological polar surface area (TPSA) is 43.4 Å². The van der Waals surface area contributed by atoms with Gasteiger partial charge in [-0.15, -0.1) is 0 Å². The molecule has 0 aromatic heterocycles. The van der Waals surface area contributed by atoms with Crippen molar-refractivity contribution in [1.29, 1.82) is 0 Å². The molecule has 0 atom stereocenters. The molecule has 0 aliphatic heterocycles. The quantitative estimate of drug-likeness (QED) is 0.752. The maximum Gasteiger partial charge on any atom is 0.257 e. The molecule has 0 spiro atoms. The largest absolute Gasteiger partial charge is 0.261 e. The molecule has 0 aliphatic rings. The Morgan fingerprint density at radius 2 is 1.69 bits per heavy atom. The van der Waals surface area contributed by atoms with Crippen molar-refractivity contribution >= 4 is 11.0 Å². The van der Waals surface area contributed by atoms with E-state index in [4.69, 9.17) is 0 Å². The summed E-state index contributed by atoms with van der Waals surface area (Å²) in [6.07, 6.45) is 0. The van der Waals surface area contributed by atoms with Crippen LogP contribution in [-0.4, -0.2) is 8.42 Å². The Balaban J connectivity index is 2.77. The standard InChI is InChI=1S/C7H5F2O3S/c8-6-1-5(2-7(9)3-6)4-12-13(10)11/h1-4,13H. The molecule has 3 nitrogen and oxygen atoms in total. The van der Waals surface area contributed by atoms with Crippen molar-refractivity contribution in [2.24, 2.45) is 0 Å². The second-order valence-electron chi connectivity index (χ2n) is 2.15. The van der Waals surface area contributed by atoms with E-state index in [9.17, 15) is 17.2 Å². The Morgan fingerprint density at radius 1 is 1.15 bits per heavy atom. The third-order valence-corrected chi connectivity index (χ3v) is 1.44. The van der Waals surface area contributed by atoms with Crippen molar-refractivity contribution in [3.8, 4) is 0 Å². The molecule has 0 saturated carbocycles. The Bertz CT molecular complexity index is 348. The van der Waals surface area contributed by atoms with E-state index in [1.807, 2.05) is 0 Å². The summed E-state index contributed by atoms with van der Waals surface area (Å²) in [5.41, 5.74) is 0.0108. The van der Waals surface area contributed by atoms with E-state index in [0.29, 0.717) is 6.07 Å². The summed E-state index contributed by atoms with van der Waals surface area (Å²) in [7, 11) is -3.04. The van der Waals surface area contributed by atoms with Gasteiger partial charge in [0.25, 0.3) is 11.0 Å². The molecule has 0 heterocycles. The molecule has 0 bridgehead atoms. The van der Waals surface area contributed by atoms with Crippen LogP contribution in [-0.2, 0) is 15.2 Å². The molecule has 71 valence electrons. The van der Waals surface area contributed by atoms with Gasteiger partial charge < -0.3 is 0 Å². The van der Waals surface area contributed by atoms with E-state index in [0.717, 1.165) is 18.7 Å². The third kappa shape index (κ3) is 3.47. The Morgan fingerprint density at radius 3 is 2.15 bits per heavy atom. The monoisotopic (exact) mass is 207 g/mol. The highest BCUT2D eigenvalue weighted by molar-refractivity contribution is 7.67. The number of hydrogen-bond donors (Lipinski definition) is 1. The maximum absolute atomic E-state index is 12.5. The number of benzene rings is 1. The first-order valence-corrected chi connectivity index (χ1v) is 4.28. The smallest absolute Gasteiger partial charge is 0.257 e. The van der Waals surface area contributed by atoms with Gasteiger partial charge in [0.05, 0.1) is 0 Å². The first-order chi connectivity index (χ1) is 6.08. The lowest BCUT2D eigenvalue weighted by molar-refractivity contribution is 0.427. The molecule has 0 amide bonds. The van der Waals surface area contributed by atoms with Crippen molar-refractivity contribution in [1.82, 2.24) is 0 Å². The molecular formula is C7H5F2O3S. The van der Waals surface area contributed by atoms with Crippen molar-refractivity contribution in [3.05, 3.63) is 42.0 Å². The summed E-state index contributed by atoms with van der Waals surface area (Å²) < 4.78 is 48.9. The van der Waals surface area contributed by atoms with E-state index < -0.39 is 22.6 Å². The minimum absolute atomic E-state index is 0.0108. The fourth-order valence-electron chi connectivity index (χ4n) is 0.747. The molecule has 0 fully saturated rings. The number of thiol groups is 1. The lowest BCUT2D eigenvalue weighted by Gasteiger charge is -1.97. The third-order valence-electron chi connectivity index (χ3n) is 1.16. The number of halogens is 2. The van der Waals surface area contributed by atoms with Crippen LogP contribution in [0.2, 0.25) is 0 Å². The second-order valence-corrected chi connectivity index (χ2v) is 2.81.